The smallest absolute Gasteiger partial charge is 0.256 e. The van der Waals surface area contributed by atoms with Gasteiger partial charge in [-0.05, 0) is 29.5 Å². The van der Waals surface area contributed by atoms with Gasteiger partial charge >= 0.3 is 0 Å². The maximum absolute atomic E-state index is 12.2. The Bertz CT molecular complexity index is 913. The van der Waals surface area contributed by atoms with E-state index in [1.807, 2.05) is 24.6 Å². The Labute approximate surface area is 159 Å². The molecule has 3 rings (SSSR count). The molecule has 0 radical (unpaired) electrons. The quantitative estimate of drug-likeness (QED) is 0.647. The monoisotopic (exact) mass is 394 g/mol. The summed E-state index contributed by atoms with van der Waals surface area (Å²) in [7, 11) is 0. The standard InChI is InChI=1S/C17H16Cl2N4OS/c1-25-5-4-20-17(24)13-9-22-23-10-12(8-21-16(13)23)6-11-2-3-14(18)15(19)7-11/h2-3,7-10H,4-6H2,1H3,(H,20,24). The van der Waals surface area contributed by atoms with Gasteiger partial charge in [-0.25, -0.2) is 9.50 Å². The molecule has 2 aromatic heterocycles. The van der Waals surface area contributed by atoms with E-state index >= 15 is 0 Å². The summed E-state index contributed by atoms with van der Waals surface area (Å²) in [5.74, 6) is 0.709. The third kappa shape index (κ3) is 4.26. The molecule has 0 aliphatic carbocycles. The lowest BCUT2D eigenvalue weighted by molar-refractivity contribution is 0.0957. The van der Waals surface area contributed by atoms with Gasteiger partial charge in [0.1, 0.15) is 5.56 Å². The second-order valence-electron chi connectivity index (χ2n) is 5.46. The van der Waals surface area contributed by atoms with Crippen LogP contribution < -0.4 is 5.32 Å². The van der Waals surface area contributed by atoms with E-state index in [9.17, 15) is 4.79 Å². The molecule has 0 saturated heterocycles. The van der Waals surface area contributed by atoms with Gasteiger partial charge < -0.3 is 5.32 Å². The maximum atomic E-state index is 12.2. The summed E-state index contributed by atoms with van der Waals surface area (Å²) in [5.41, 5.74) is 3.00. The van der Waals surface area contributed by atoms with E-state index in [4.69, 9.17) is 23.2 Å². The fourth-order valence-corrected chi connectivity index (χ4v) is 3.04. The average molecular weight is 395 g/mol. The fraction of sp³-hybridized carbons (Fsp3) is 0.235. The van der Waals surface area contributed by atoms with Crippen LogP contribution in [0.4, 0.5) is 0 Å². The summed E-state index contributed by atoms with van der Waals surface area (Å²) in [5, 5.41) is 8.16. The molecule has 0 aliphatic heterocycles. The van der Waals surface area contributed by atoms with E-state index in [1.54, 1.807) is 34.7 Å². The normalized spacial score (nSPS) is 11.0. The van der Waals surface area contributed by atoms with Gasteiger partial charge in [0, 0.05) is 31.1 Å². The van der Waals surface area contributed by atoms with Crippen LogP contribution in [0.25, 0.3) is 5.65 Å². The number of nitrogens with zero attached hydrogens (tertiary/aromatic N) is 3. The van der Waals surface area contributed by atoms with Crippen molar-refractivity contribution in [1.82, 2.24) is 19.9 Å². The molecule has 1 aromatic carbocycles. The van der Waals surface area contributed by atoms with E-state index < -0.39 is 0 Å². The van der Waals surface area contributed by atoms with Gasteiger partial charge in [-0.15, -0.1) is 0 Å². The van der Waals surface area contributed by atoms with Crippen LogP contribution in [0, 0.1) is 0 Å². The molecule has 2 heterocycles. The highest BCUT2D eigenvalue weighted by molar-refractivity contribution is 7.98. The first-order chi connectivity index (χ1) is 12.1. The van der Waals surface area contributed by atoms with E-state index in [2.05, 4.69) is 15.4 Å². The summed E-state index contributed by atoms with van der Waals surface area (Å²) in [6.45, 7) is 0.618. The number of aromatic nitrogens is 3. The molecule has 0 bridgehead atoms. The van der Waals surface area contributed by atoms with Crippen molar-refractivity contribution in [3.63, 3.8) is 0 Å². The van der Waals surface area contributed by atoms with Crippen molar-refractivity contribution < 1.29 is 4.79 Å². The van der Waals surface area contributed by atoms with Crippen LogP contribution in [-0.2, 0) is 6.42 Å². The van der Waals surface area contributed by atoms with Gasteiger partial charge in [-0.1, -0.05) is 29.3 Å². The number of carbonyl (C=O) groups is 1. The second-order valence-corrected chi connectivity index (χ2v) is 7.26. The van der Waals surface area contributed by atoms with Crippen molar-refractivity contribution >= 4 is 46.5 Å². The van der Waals surface area contributed by atoms with Gasteiger partial charge in [-0.2, -0.15) is 16.9 Å². The highest BCUT2D eigenvalue weighted by Gasteiger charge is 2.14. The molecule has 1 N–H and O–H groups in total. The van der Waals surface area contributed by atoms with E-state index in [1.165, 1.54) is 0 Å². The lowest BCUT2D eigenvalue weighted by Crippen LogP contribution is -2.25. The first-order valence-electron chi connectivity index (χ1n) is 7.62. The zero-order chi connectivity index (χ0) is 17.8. The minimum absolute atomic E-state index is 0.159. The van der Waals surface area contributed by atoms with Crippen molar-refractivity contribution in [3.8, 4) is 0 Å². The van der Waals surface area contributed by atoms with Gasteiger partial charge in [0.05, 0.1) is 16.2 Å². The summed E-state index contributed by atoms with van der Waals surface area (Å²) in [6, 6.07) is 5.53. The summed E-state index contributed by atoms with van der Waals surface area (Å²) < 4.78 is 1.62. The molecule has 25 heavy (non-hydrogen) atoms. The second kappa shape index (κ2) is 8.08. The molecule has 0 aliphatic rings. The number of carbonyl (C=O) groups excluding carboxylic acids is 1. The van der Waals surface area contributed by atoms with Crippen LogP contribution in [-0.4, -0.2) is 39.1 Å². The Morgan fingerprint density at radius 2 is 2.08 bits per heavy atom. The lowest BCUT2D eigenvalue weighted by atomic mass is 10.1. The van der Waals surface area contributed by atoms with Crippen LogP contribution in [0.2, 0.25) is 10.0 Å². The number of hydrogen-bond acceptors (Lipinski definition) is 4. The summed E-state index contributed by atoms with van der Waals surface area (Å²) in [6.07, 6.45) is 7.80. The number of nitrogens with one attached hydrogen (secondary N) is 1. The third-order valence-electron chi connectivity index (χ3n) is 3.64. The molecule has 1 amide bonds. The minimum Gasteiger partial charge on any atom is -0.351 e. The zero-order valence-electron chi connectivity index (χ0n) is 13.5. The number of hydrogen-bond donors (Lipinski definition) is 1. The average Bonchev–Trinajstić information content (AvgIpc) is 3.01. The molecule has 130 valence electrons. The van der Waals surface area contributed by atoms with Crippen molar-refractivity contribution in [1.29, 1.82) is 0 Å². The molecule has 0 unspecified atom stereocenters. The first-order valence-corrected chi connectivity index (χ1v) is 9.77. The van der Waals surface area contributed by atoms with Crippen LogP contribution in [0.1, 0.15) is 21.5 Å². The zero-order valence-corrected chi connectivity index (χ0v) is 15.8. The number of amides is 1. The van der Waals surface area contributed by atoms with Gasteiger partial charge in [-0.3, -0.25) is 4.79 Å². The molecule has 3 aromatic rings. The molecule has 0 atom stereocenters. The topological polar surface area (TPSA) is 59.3 Å². The first kappa shape index (κ1) is 18.0. The Hall–Kier alpha value is -1.76. The highest BCUT2D eigenvalue weighted by Crippen LogP contribution is 2.24. The van der Waals surface area contributed by atoms with E-state index in [0.29, 0.717) is 34.2 Å². The Morgan fingerprint density at radius 1 is 1.24 bits per heavy atom. The van der Waals surface area contributed by atoms with Crippen molar-refractivity contribution in [2.24, 2.45) is 0 Å². The molecule has 0 fully saturated rings. The van der Waals surface area contributed by atoms with Crippen LogP contribution in [0.5, 0.6) is 0 Å². The number of benzene rings is 1. The van der Waals surface area contributed by atoms with Crippen LogP contribution in [0.3, 0.4) is 0 Å². The van der Waals surface area contributed by atoms with Gasteiger partial charge in [0.2, 0.25) is 0 Å². The summed E-state index contributed by atoms with van der Waals surface area (Å²) in [4.78, 5) is 16.6. The Morgan fingerprint density at radius 3 is 2.84 bits per heavy atom. The van der Waals surface area contributed by atoms with E-state index in [-0.39, 0.29) is 5.91 Å². The summed E-state index contributed by atoms with van der Waals surface area (Å²) >= 11 is 13.7. The SMILES string of the molecule is CSCCNC(=O)c1cnn2cc(Cc3ccc(Cl)c(Cl)c3)cnc12. The predicted molar refractivity (Wildman–Crippen MR) is 103 cm³/mol. The minimum atomic E-state index is -0.159. The van der Waals surface area contributed by atoms with Crippen molar-refractivity contribution in [2.75, 3.05) is 18.6 Å². The maximum Gasteiger partial charge on any atom is 0.256 e. The van der Waals surface area contributed by atoms with E-state index in [0.717, 1.165) is 16.9 Å². The number of halogens is 2. The lowest BCUT2D eigenvalue weighted by Gasteiger charge is -2.05. The fourth-order valence-electron chi connectivity index (χ4n) is 2.41. The van der Waals surface area contributed by atoms with Crippen molar-refractivity contribution in [3.05, 3.63) is 63.5 Å². The van der Waals surface area contributed by atoms with Crippen LogP contribution >= 0.6 is 35.0 Å². The third-order valence-corrected chi connectivity index (χ3v) is 4.99. The predicted octanol–water partition coefficient (Wildman–Crippen LogP) is 3.72. The number of rotatable bonds is 6. The van der Waals surface area contributed by atoms with Gasteiger partial charge in [0.15, 0.2) is 5.65 Å². The van der Waals surface area contributed by atoms with Crippen LogP contribution in [0.15, 0.2) is 36.8 Å². The molecular weight excluding hydrogens is 379 g/mol. The molecule has 0 spiro atoms. The van der Waals surface area contributed by atoms with Gasteiger partial charge in [0.25, 0.3) is 5.91 Å². The Balaban J connectivity index is 1.79. The number of fused-ring (bicyclic) bond motifs is 1. The molecule has 0 saturated carbocycles. The van der Waals surface area contributed by atoms with Crippen molar-refractivity contribution in [2.45, 2.75) is 6.42 Å². The molecule has 8 heteroatoms. The molecular formula is C17H16Cl2N4OS. The Kier molecular flexibility index (Phi) is 5.83. The highest BCUT2D eigenvalue weighted by atomic mass is 35.5. The molecule has 5 nitrogen and oxygen atoms in total. The largest absolute Gasteiger partial charge is 0.351 e. The number of thioether (sulfide) groups is 1.